The Morgan fingerprint density at radius 1 is 1.33 bits per heavy atom. The van der Waals surface area contributed by atoms with Gasteiger partial charge in [0.25, 0.3) is 0 Å². The van der Waals surface area contributed by atoms with Gasteiger partial charge in [0, 0.05) is 5.75 Å². The van der Waals surface area contributed by atoms with Gasteiger partial charge in [0.05, 0.1) is 5.69 Å². The fourth-order valence-corrected chi connectivity index (χ4v) is 1.80. The summed E-state index contributed by atoms with van der Waals surface area (Å²) >= 11 is 1.62. The maximum absolute atomic E-state index is 5.76. The van der Waals surface area contributed by atoms with Gasteiger partial charge in [0.1, 0.15) is 0 Å². The molecule has 0 amide bonds. The number of amidine groups is 1. The third kappa shape index (κ3) is 6.57. The number of aliphatic imine (C=N–C) groups is 1. The van der Waals surface area contributed by atoms with Crippen LogP contribution in [0.4, 0.5) is 5.69 Å². The fraction of sp³-hybridized carbons (Fsp3) is 0.364. The van der Waals surface area contributed by atoms with Gasteiger partial charge < -0.3 is 5.73 Å². The van der Waals surface area contributed by atoms with Crippen LogP contribution in [0.1, 0.15) is 19.8 Å². The van der Waals surface area contributed by atoms with Gasteiger partial charge in [0.15, 0.2) is 5.17 Å². The van der Waals surface area contributed by atoms with Crippen LogP contribution in [0.3, 0.4) is 0 Å². The maximum atomic E-state index is 5.76. The smallest absolute Gasteiger partial charge is 0.159 e. The third-order valence-corrected chi connectivity index (χ3v) is 2.62. The number of rotatable bonds is 4. The van der Waals surface area contributed by atoms with Crippen LogP contribution in [0, 0.1) is 0 Å². The van der Waals surface area contributed by atoms with Crippen molar-refractivity contribution in [3.63, 3.8) is 0 Å². The van der Waals surface area contributed by atoms with Crippen molar-refractivity contribution in [1.82, 2.24) is 0 Å². The Balaban J connectivity index is 0.00000196. The molecule has 1 aromatic rings. The van der Waals surface area contributed by atoms with E-state index in [4.69, 9.17) is 5.73 Å². The summed E-state index contributed by atoms with van der Waals surface area (Å²) in [5, 5.41) is 0.657. The van der Waals surface area contributed by atoms with Crippen molar-refractivity contribution >= 4 is 39.6 Å². The first-order chi connectivity index (χ1) is 6.83. The molecule has 2 N–H and O–H groups in total. The minimum atomic E-state index is 0. The lowest BCUT2D eigenvalue weighted by Gasteiger charge is -1.99. The van der Waals surface area contributed by atoms with Crippen LogP contribution in [0.25, 0.3) is 0 Å². The summed E-state index contributed by atoms with van der Waals surface area (Å²) < 4.78 is 0. The molecular weight excluding hydrogens is 272 g/mol. The second kappa shape index (κ2) is 8.80. The summed E-state index contributed by atoms with van der Waals surface area (Å²) in [5.74, 6) is 1.05. The molecule has 0 fully saturated rings. The molecule has 0 saturated heterocycles. The highest BCUT2D eigenvalue weighted by atomic mass is 79.9. The highest BCUT2D eigenvalue weighted by Gasteiger charge is 1.93. The van der Waals surface area contributed by atoms with E-state index in [0.29, 0.717) is 5.17 Å². The molecule has 0 heterocycles. The molecule has 15 heavy (non-hydrogen) atoms. The van der Waals surface area contributed by atoms with Gasteiger partial charge in [0.2, 0.25) is 0 Å². The number of hydrogen-bond donors (Lipinski definition) is 1. The van der Waals surface area contributed by atoms with E-state index in [1.165, 1.54) is 12.8 Å². The van der Waals surface area contributed by atoms with E-state index in [1.807, 2.05) is 30.3 Å². The first-order valence-corrected chi connectivity index (χ1v) is 5.83. The largest absolute Gasteiger partial charge is 0.378 e. The third-order valence-electron chi connectivity index (χ3n) is 1.74. The summed E-state index contributed by atoms with van der Waals surface area (Å²) in [6.45, 7) is 2.17. The second-order valence-corrected chi connectivity index (χ2v) is 4.10. The lowest BCUT2D eigenvalue weighted by atomic mass is 10.3. The maximum Gasteiger partial charge on any atom is 0.159 e. The number of nitrogens with two attached hydrogens (primary N) is 1. The van der Waals surface area contributed by atoms with E-state index >= 15 is 0 Å². The van der Waals surface area contributed by atoms with E-state index in [2.05, 4.69) is 11.9 Å². The Morgan fingerprint density at radius 3 is 2.60 bits per heavy atom. The minimum Gasteiger partial charge on any atom is -0.378 e. The molecular formula is C11H17BrN2S. The van der Waals surface area contributed by atoms with Crippen molar-refractivity contribution in [3.8, 4) is 0 Å². The summed E-state index contributed by atoms with van der Waals surface area (Å²) in [7, 11) is 0. The van der Waals surface area contributed by atoms with E-state index in [0.717, 1.165) is 11.4 Å². The summed E-state index contributed by atoms with van der Waals surface area (Å²) in [6.07, 6.45) is 2.39. The van der Waals surface area contributed by atoms with E-state index < -0.39 is 0 Å². The Kier molecular flexibility index (Phi) is 8.52. The van der Waals surface area contributed by atoms with E-state index in [-0.39, 0.29) is 17.0 Å². The number of unbranched alkanes of at least 4 members (excludes halogenated alkanes) is 1. The Morgan fingerprint density at radius 2 is 2.00 bits per heavy atom. The average Bonchev–Trinajstić information content (AvgIpc) is 2.20. The average molecular weight is 289 g/mol. The fourth-order valence-electron chi connectivity index (χ4n) is 0.983. The lowest BCUT2D eigenvalue weighted by Crippen LogP contribution is -2.06. The van der Waals surface area contributed by atoms with E-state index in [9.17, 15) is 0 Å². The van der Waals surface area contributed by atoms with Crippen LogP contribution >= 0.6 is 28.7 Å². The van der Waals surface area contributed by atoms with Gasteiger partial charge in [-0.15, -0.1) is 17.0 Å². The standard InChI is InChI=1S/C11H16N2S.BrH/c1-2-3-9-14-11(12)13-10-7-5-4-6-8-10;/h4-8H,2-3,9H2,1H3,(H2,12,13);1H. The van der Waals surface area contributed by atoms with Crippen molar-refractivity contribution in [2.45, 2.75) is 19.8 Å². The van der Waals surface area contributed by atoms with Crippen LogP contribution < -0.4 is 5.73 Å². The number of para-hydroxylation sites is 1. The normalized spacial score (nSPS) is 10.9. The molecule has 4 heteroatoms. The molecule has 0 aromatic heterocycles. The van der Waals surface area contributed by atoms with Crippen molar-refractivity contribution < 1.29 is 0 Å². The van der Waals surface area contributed by atoms with Crippen molar-refractivity contribution in [1.29, 1.82) is 0 Å². The number of benzene rings is 1. The van der Waals surface area contributed by atoms with Crippen molar-refractivity contribution in [2.75, 3.05) is 5.75 Å². The van der Waals surface area contributed by atoms with Gasteiger partial charge >= 0.3 is 0 Å². The van der Waals surface area contributed by atoms with E-state index in [1.54, 1.807) is 11.8 Å². The summed E-state index contributed by atoms with van der Waals surface area (Å²) in [4.78, 5) is 4.29. The van der Waals surface area contributed by atoms with Gasteiger partial charge in [-0.25, -0.2) is 4.99 Å². The van der Waals surface area contributed by atoms with Crippen LogP contribution in [0.2, 0.25) is 0 Å². The Hall–Kier alpha value is -0.480. The Bertz CT molecular complexity index is 288. The molecule has 2 nitrogen and oxygen atoms in total. The topological polar surface area (TPSA) is 38.4 Å². The lowest BCUT2D eigenvalue weighted by molar-refractivity contribution is 0.898. The first-order valence-electron chi connectivity index (χ1n) is 4.85. The molecule has 0 aliphatic carbocycles. The number of thioether (sulfide) groups is 1. The zero-order valence-electron chi connectivity index (χ0n) is 8.85. The van der Waals surface area contributed by atoms with Gasteiger partial charge in [-0.2, -0.15) is 0 Å². The SMILES string of the molecule is Br.CCCCSC(N)=Nc1ccccc1. The van der Waals surface area contributed by atoms with Crippen molar-refractivity contribution in [2.24, 2.45) is 10.7 Å². The molecule has 0 bridgehead atoms. The highest BCUT2D eigenvalue weighted by molar-refractivity contribution is 8.93. The molecule has 0 unspecified atom stereocenters. The Labute approximate surface area is 106 Å². The zero-order chi connectivity index (χ0) is 10.2. The quantitative estimate of drug-likeness (QED) is 0.521. The van der Waals surface area contributed by atoms with Crippen LogP contribution in [0.5, 0.6) is 0 Å². The summed E-state index contributed by atoms with van der Waals surface area (Å²) in [6, 6.07) is 9.80. The molecule has 0 radical (unpaired) electrons. The molecule has 0 aliphatic heterocycles. The predicted octanol–water partition coefficient (Wildman–Crippen LogP) is 3.74. The number of halogens is 1. The molecule has 0 saturated carbocycles. The van der Waals surface area contributed by atoms with Gasteiger partial charge in [-0.1, -0.05) is 43.3 Å². The summed E-state index contributed by atoms with van der Waals surface area (Å²) in [5.41, 5.74) is 6.68. The van der Waals surface area contributed by atoms with Crippen LogP contribution in [-0.4, -0.2) is 10.9 Å². The second-order valence-electron chi connectivity index (χ2n) is 2.99. The monoisotopic (exact) mass is 288 g/mol. The van der Waals surface area contributed by atoms with Gasteiger partial charge in [-0.05, 0) is 18.6 Å². The molecule has 1 rings (SSSR count). The molecule has 84 valence electrons. The van der Waals surface area contributed by atoms with Crippen LogP contribution in [-0.2, 0) is 0 Å². The molecule has 0 spiro atoms. The predicted molar refractivity (Wildman–Crippen MR) is 75.4 cm³/mol. The first kappa shape index (κ1) is 14.5. The highest BCUT2D eigenvalue weighted by Crippen LogP contribution is 2.13. The number of hydrogen-bond acceptors (Lipinski definition) is 2. The number of nitrogens with zero attached hydrogens (tertiary/aromatic N) is 1. The van der Waals surface area contributed by atoms with Crippen LogP contribution in [0.15, 0.2) is 35.3 Å². The molecule has 1 aromatic carbocycles. The van der Waals surface area contributed by atoms with Crippen molar-refractivity contribution in [3.05, 3.63) is 30.3 Å². The zero-order valence-corrected chi connectivity index (χ0v) is 11.4. The minimum absolute atomic E-state index is 0. The molecule has 0 aliphatic rings. The van der Waals surface area contributed by atoms with Gasteiger partial charge in [-0.3, -0.25) is 0 Å². The molecule has 0 atom stereocenters.